The van der Waals surface area contributed by atoms with E-state index in [1.54, 1.807) is 0 Å². The standard InChI is InChI=1S/C2HCl2O/c3-2(4)1-5/h2H. The summed E-state index contributed by atoms with van der Waals surface area (Å²) in [5.74, 6) is 0. The van der Waals surface area contributed by atoms with Crippen LogP contribution in [0, 0.1) is 0 Å². The van der Waals surface area contributed by atoms with Crippen LogP contribution < -0.4 is 0 Å². The molecular formula is C2HCl2O. The first-order valence-electron chi connectivity index (χ1n) is 0.929. The fourth-order valence-corrected chi connectivity index (χ4v) is 0. The van der Waals surface area contributed by atoms with Crippen LogP contribution in [0.5, 0.6) is 0 Å². The van der Waals surface area contributed by atoms with Crippen molar-refractivity contribution < 1.29 is 4.79 Å². The maximum absolute atomic E-state index is 9.12. The van der Waals surface area contributed by atoms with Crippen LogP contribution >= 0.6 is 23.2 Å². The summed E-state index contributed by atoms with van der Waals surface area (Å²) in [6.45, 7) is 0. The summed E-state index contributed by atoms with van der Waals surface area (Å²) in [5, 5.41) is 0. The molecule has 29 valence electrons. The van der Waals surface area contributed by atoms with Crippen molar-refractivity contribution in [1.82, 2.24) is 0 Å². The lowest BCUT2D eigenvalue weighted by atomic mass is 10.9. The molecule has 0 aromatic rings. The third kappa shape index (κ3) is 4.25. The van der Waals surface area contributed by atoms with Gasteiger partial charge in [0, 0.05) is 0 Å². The zero-order valence-electron chi connectivity index (χ0n) is 2.24. The molecule has 0 bridgehead atoms. The van der Waals surface area contributed by atoms with Crippen LogP contribution in [-0.2, 0) is 4.79 Å². The molecule has 1 radical (unpaired) electrons. The summed E-state index contributed by atoms with van der Waals surface area (Å²) in [5.41, 5.74) is 0. The highest BCUT2D eigenvalue weighted by Crippen LogP contribution is 1.93. The average Bonchev–Trinajstić information content (AvgIpc) is 1.38. The summed E-state index contributed by atoms with van der Waals surface area (Å²) in [7, 11) is 0. The van der Waals surface area contributed by atoms with Crippen LogP contribution in [0.25, 0.3) is 0 Å². The fourth-order valence-electron chi connectivity index (χ4n) is 0. The average molecular weight is 112 g/mol. The van der Waals surface area contributed by atoms with Gasteiger partial charge in [0.2, 0.25) is 6.29 Å². The van der Waals surface area contributed by atoms with Gasteiger partial charge in [0.1, 0.15) is 0 Å². The van der Waals surface area contributed by atoms with Crippen molar-refractivity contribution >= 4 is 29.5 Å². The Labute approximate surface area is 39.9 Å². The topological polar surface area (TPSA) is 17.1 Å². The minimum absolute atomic E-state index is 0.977. The highest BCUT2D eigenvalue weighted by molar-refractivity contribution is 6.51. The van der Waals surface area contributed by atoms with E-state index in [1.807, 2.05) is 0 Å². The molecule has 0 unspecified atom stereocenters. The number of alkyl halides is 2. The zero-order chi connectivity index (χ0) is 4.28. The first-order chi connectivity index (χ1) is 2.27. The van der Waals surface area contributed by atoms with Crippen molar-refractivity contribution in [3.05, 3.63) is 0 Å². The highest BCUT2D eigenvalue weighted by atomic mass is 35.5. The molecule has 0 saturated heterocycles. The van der Waals surface area contributed by atoms with Gasteiger partial charge in [-0.05, 0) is 0 Å². The largest absolute Gasteiger partial charge is 0.288 e. The lowest BCUT2D eigenvalue weighted by molar-refractivity contribution is 0.558. The first-order valence-corrected chi connectivity index (χ1v) is 1.80. The summed E-state index contributed by atoms with van der Waals surface area (Å²) < 4.78 is 0. The second-order valence-electron chi connectivity index (χ2n) is 0.419. The third-order valence-corrected chi connectivity index (χ3v) is 0.267. The first kappa shape index (κ1) is 5.25. The van der Waals surface area contributed by atoms with Gasteiger partial charge < -0.3 is 0 Å². The van der Waals surface area contributed by atoms with E-state index in [4.69, 9.17) is 28.0 Å². The molecule has 3 heteroatoms. The second-order valence-corrected chi connectivity index (χ2v) is 1.51. The monoisotopic (exact) mass is 111 g/mol. The van der Waals surface area contributed by atoms with E-state index < -0.39 is 4.84 Å². The van der Waals surface area contributed by atoms with Crippen LogP contribution in [0.3, 0.4) is 0 Å². The second kappa shape index (κ2) is 2.49. The van der Waals surface area contributed by atoms with Crippen LogP contribution in [0.1, 0.15) is 0 Å². The van der Waals surface area contributed by atoms with Crippen LogP contribution in [0.15, 0.2) is 0 Å². The molecule has 0 aliphatic heterocycles. The van der Waals surface area contributed by atoms with Crippen LogP contribution in [0.2, 0.25) is 0 Å². The molecule has 0 fully saturated rings. The van der Waals surface area contributed by atoms with Gasteiger partial charge >= 0.3 is 0 Å². The van der Waals surface area contributed by atoms with Gasteiger partial charge in [-0.15, -0.1) is 0 Å². The lowest BCUT2D eigenvalue weighted by Gasteiger charge is -1.70. The van der Waals surface area contributed by atoms with Gasteiger partial charge in [-0.3, -0.25) is 4.79 Å². The summed E-state index contributed by atoms with van der Waals surface area (Å²) in [6.07, 6.45) is 1.31. The van der Waals surface area contributed by atoms with Crippen molar-refractivity contribution in [2.45, 2.75) is 4.84 Å². The lowest BCUT2D eigenvalue weighted by Crippen LogP contribution is -1.81. The van der Waals surface area contributed by atoms with E-state index in [9.17, 15) is 0 Å². The van der Waals surface area contributed by atoms with E-state index in [0.29, 0.717) is 0 Å². The molecule has 5 heavy (non-hydrogen) atoms. The molecule has 0 aliphatic rings. The zero-order valence-corrected chi connectivity index (χ0v) is 3.75. The molecular weight excluding hydrogens is 111 g/mol. The maximum atomic E-state index is 9.12. The van der Waals surface area contributed by atoms with Crippen molar-refractivity contribution in [1.29, 1.82) is 0 Å². The Balaban J connectivity index is 2.83. The molecule has 0 atom stereocenters. The normalized spacial score (nSPS) is 8.60. The SMILES string of the molecule is O=[C]C(Cl)Cl. The predicted molar refractivity (Wildman–Crippen MR) is 21.2 cm³/mol. The van der Waals surface area contributed by atoms with Crippen LogP contribution in [0.4, 0.5) is 0 Å². The van der Waals surface area contributed by atoms with Crippen molar-refractivity contribution in [3.8, 4) is 0 Å². The molecule has 0 spiro atoms. The number of rotatable bonds is 1. The number of halogens is 2. The molecule has 0 aromatic heterocycles. The molecule has 0 N–H and O–H groups in total. The minimum atomic E-state index is -0.977. The molecule has 0 amide bonds. The highest BCUT2D eigenvalue weighted by Gasteiger charge is 1.89. The summed E-state index contributed by atoms with van der Waals surface area (Å²) in [6, 6.07) is 0. The van der Waals surface area contributed by atoms with E-state index in [0.717, 1.165) is 0 Å². The number of carbonyl (C=O) groups excluding carboxylic acids is 1. The van der Waals surface area contributed by atoms with E-state index >= 15 is 0 Å². The van der Waals surface area contributed by atoms with Crippen LogP contribution in [-0.4, -0.2) is 11.1 Å². The van der Waals surface area contributed by atoms with E-state index in [1.165, 1.54) is 6.29 Å². The van der Waals surface area contributed by atoms with Gasteiger partial charge in [0.25, 0.3) is 0 Å². The molecule has 0 aliphatic carbocycles. The van der Waals surface area contributed by atoms with Crippen molar-refractivity contribution in [2.75, 3.05) is 0 Å². The Morgan fingerprint density at radius 1 is 1.60 bits per heavy atom. The summed E-state index contributed by atoms with van der Waals surface area (Å²) >= 11 is 9.61. The Bertz CT molecular complexity index is 34.6. The Morgan fingerprint density at radius 3 is 1.80 bits per heavy atom. The third-order valence-electron chi connectivity index (χ3n) is 0.0891. The van der Waals surface area contributed by atoms with Crippen molar-refractivity contribution in [3.63, 3.8) is 0 Å². The van der Waals surface area contributed by atoms with E-state index in [2.05, 4.69) is 0 Å². The molecule has 0 rings (SSSR count). The van der Waals surface area contributed by atoms with E-state index in [-0.39, 0.29) is 0 Å². The smallest absolute Gasteiger partial charge is 0.234 e. The molecule has 0 heterocycles. The molecule has 0 saturated carbocycles. The Hall–Kier alpha value is 0.250. The molecule has 0 aromatic carbocycles. The fraction of sp³-hybridized carbons (Fsp3) is 0.500. The Morgan fingerprint density at radius 2 is 1.80 bits per heavy atom. The van der Waals surface area contributed by atoms with Gasteiger partial charge in [0.15, 0.2) is 4.84 Å². The molecule has 1 nitrogen and oxygen atoms in total. The predicted octanol–water partition coefficient (Wildman–Crippen LogP) is 0.900. The quantitative estimate of drug-likeness (QED) is 0.460. The number of hydrogen-bond donors (Lipinski definition) is 0. The van der Waals surface area contributed by atoms with Crippen molar-refractivity contribution in [2.24, 2.45) is 0 Å². The maximum Gasteiger partial charge on any atom is 0.234 e. The summed E-state index contributed by atoms with van der Waals surface area (Å²) in [4.78, 5) is 8.14. The number of hydrogen-bond acceptors (Lipinski definition) is 1. The Kier molecular flexibility index (Phi) is 2.61. The van der Waals surface area contributed by atoms with Gasteiger partial charge in [-0.25, -0.2) is 0 Å². The van der Waals surface area contributed by atoms with Gasteiger partial charge in [-0.1, -0.05) is 23.2 Å². The van der Waals surface area contributed by atoms with Gasteiger partial charge in [0.05, 0.1) is 0 Å². The minimum Gasteiger partial charge on any atom is -0.288 e. The van der Waals surface area contributed by atoms with Gasteiger partial charge in [-0.2, -0.15) is 0 Å².